The molecular weight excluding hydrogens is 508 g/mol. The van der Waals surface area contributed by atoms with Gasteiger partial charge in [-0.15, -0.1) is 22.7 Å². The smallest absolute Gasteiger partial charge is 0.261 e. The van der Waals surface area contributed by atoms with Crippen LogP contribution in [0.2, 0.25) is 0 Å². The van der Waals surface area contributed by atoms with Gasteiger partial charge in [0.25, 0.3) is 11.8 Å². The lowest BCUT2D eigenvalue weighted by molar-refractivity contribution is -0.124. The van der Waals surface area contributed by atoms with E-state index in [1.165, 1.54) is 9.75 Å². The minimum absolute atomic E-state index is 0.00881. The number of carbonyl (C=O) groups is 2. The van der Waals surface area contributed by atoms with Crippen LogP contribution >= 0.6 is 22.7 Å². The maximum absolute atomic E-state index is 14.4. The summed E-state index contributed by atoms with van der Waals surface area (Å²) in [6.07, 6.45) is 8.90. The van der Waals surface area contributed by atoms with Crippen LogP contribution in [0.25, 0.3) is 11.4 Å². The summed E-state index contributed by atoms with van der Waals surface area (Å²) in [6.45, 7) is 14.4. The van der Waals surface area contributed by atoms with Crippen molar-refractivity contribution in [3.63, 3.8) is 0 Å². The van der Waals surface area contributed by atoms with Crippen molar-refractivity contribution in [1.29, 1.82) is 0 Å². The molecule has 0 spiro atoms. The number of fused-ring (bicyclic) bond motifs is 1. The third-order valence-corrected chi connectivity index (χ3v) is 10.1. The van der Waals surface area contributed by atoms with E-state index in [0.717, 1.165) is 72.5 Å². The zero-order valence-corrected chi connectivity index (χ0v) is 25.7. The van der Waals surface area contributed by atoms with E-state index in [1.54, 1.807) is 22.7 Å². The molecule has 4 nitrogen and oxygen atoms in total. The Morgan fingerprint density at radius 1 is 0.658 bits per heavy atom. The molecule has 2 aliphatic heterocycles. The van der Waals surface area contributed by atoms with Crippen LogP contribution in [0.4, 0.5) is 0 Å². The predicted molar refractivity (Wildman–Crippen MR) is 162 cm³/mol. The fourth-order valence-electron chi connectivity index (χ4n) is 5.73. The molecule has 0 saturated heterocycles. The minimum atomic E-state index is 0.00881. The van der Waals surface area contributed by atoms with Gasteiger partial charge in [0, 0.05) is 22.8 Å². The molecule has 6 heteroatoms. The molecule has 0 fully saturated rings. The normalized spacial score (nSPS) is 17.3. The average molecular weight is 553 g/mol. The molecule has 0 bridgehead atoms. The van der Waals surface area contributed by atoms with E-state index >= 15 is 0 Å². The molecule has 206 valence electrons. The number of unbranched alkanes of at least 4 members (excludes halogenated alkanes) is 2. The molecule has 2 atom stereocenters. The average Bonchev–Trinajstić information content (AvgIpc) is 3.66. The van der Waals surface area contributed by atoms with Gasteiger partial charge in [0.05, 0.1) is 32.3 Å². The highest BCUT2D eigenvalue weighted by Gasteiger charge is 2.49. The zero-order chi connectivity index (χ0) is 27.4. The van der Waals surface area contributed by atoms with Gasteiger partial charge in [0.1, 0.15) is 0 Å². The zero-order valence-electron chi connectivity index (χ0n) is 24.1. The molecule has 0 aliphatic carbocycles. The molecule has 4 rings (SSSR count). The Bertz CT molecular complexity index is 1120. The van der Waals surface area contributed by atoms with E-state index in [4.69, 9.17) is 0 Å². The van der Waals surface area contributed by atoms with Gasteiger partial charge in [-0.1, -0.05) is 66.2 Å². The van der Waals surface area contributed by atoms with E-state index in [2.05, 4.69) is 65.8 Å². The van der Waals surface area contributed by atoms with E-state index in [-0.39, 0.29) is 11.8 Å². The monoisotopic (exact) mass is 552 g/mol. The lowest BCUT2D eigenvalue weighted by atomic mass is 9.98. The fraction of sp³-hybridized carbons (Fsp3) is 0.562. The highest BCUT2D eigenvalue weighted by atomic mass is 32.1. The Morgan fingerprint density at radius 3 is 1.34 bits per heavy atom. The summed E-state index contributed by atoms with van der Waals surface area (Å²) in [5.74, 6) is 0.864. The number of aryl methyl sites for hydroxylation is 2. The van der Waals surface area contributed by atoms with Crippen LogP contribution in [0.1, 0.15) is 98.6 Å². The lowest BCUT2D eigenvalue weighted by Crippen LogP contribution is -2.34. The Morgan fingerprint density at radius 2 is 1.05 bits per heavy atom. The Hall–Kier alpha value is -2.18. The van der Waals surface area contributed by atoms with E-state index in [0.29, 0.717) is 36.1 Å². The van der Waals surface area contributed by atoms with Crippen LogP contribution in [0, 0.1) is 25.7 Å². The van der Waals surface area contributed by atoms with Crippen LogP contribution in [0.5, 0.6) is 0 Å². The second-order valence-electron chi connectivity index (χ2n) is 10.9. The predicted octanol–water partition coefficient (Wildman–Crippen LogP) is 8.67. The Labute approximate surface area is 237 Å². The molecule has 2 aromatic rings. The molecule has 2 unspecified atom stereocenters. The van der Waals surface area contributed by atoms with Crippen molar-refractivity contribution < 1.29 is 9.59 Å². The molecular formula is C32H44N2O2S2. The molecule has 2 amide bonds. The topological polar surface area (TPSA) is 40.6 Å². The van der Waals surface area contributed by atoms with Gasteiger partial charge in [-0.3, -0.25) is 9.59 Å². The maximum Gasteiger partial charge on any atom is 0.261 e. The van der Waals surface area contributed by atoms with E-state index in [1.807, 2.05) is 9.80 Å². The molecule has 4 heterocycles. The van der Waals surface area contributed by atoms with Crippen LogP contribution in [-0.4, -0.2) is 34.7 Å². The van der Waals surface area contributed by atoms with Crippen molar-refractivity contribution in [3.8, 4) is 0 Å². The molecule has 0 aromatic carbocycles. The molecule has 0 saturated carbocycles. The summed E-state index contributed by atoms with van der Waals surface area (Å²) in [6, 6.07) is 8.40. The first-order valence-electron chi connectivity index (χ1n) is 14.6. The number of rotatable bonds is 14. The largest absolute Gasteiger partial charge is 0.306 e. The Kier molecular flexibility index (Phi) is 9.69. The first kappa shape index (κ1) is 28.8. The highest BCUT2D eigenvalue weighted by Crippen LogP contribution is 2.49. The van der Waals surface area contributed by atoms with Gasteiger partial charge in [-0.2, -0.15) is 0 Å². The van der Waals surface area contributed by atoms with Gasteiger partial charge >= 0.3 is 0 Å². The molecule has 0 radical (unpaired) electrons. The number of amides is 2. The van der Waals surface area contributed by atoms with E-state index < -0.39 is 0 Å². The lowest BCUT2D eigenvalue weighted by Gasteiger charge is -2.29. The van der Waals surface area contributed by atoms with Crippen LogP contribution < -0.4 is 0 Å². The first-order valence-corrected chi connectivity index (χ1v) is 16.2. The standard InChI is InChI=1S/C32H44N2O2S2/c1-7-11-13-23(9-3)19-33-29(25-17-15-21(5)37-25)27-28(31(33)35)30(26-18-16-22(6)38-26)34(32(27)36)20-24(10-4)14-12-8-2/h15-18,23-24H,7-14,19-20H2,1-6H3. The molecule has 38 heavy (non-hydrogen) atoms. The fourth-order valence-corrected chi connectivity index (χ4v) is 7.59. The van der Waals surface area contributed by atoms with Crippen molar-refractivity contribution in [2.24, 2.45) is 11.8 Å². The third-order valence-electron chi connectivity index (χ3n) is 8.10. The summed E-state index contributed by atoms with van der Waals surface area (Å²) in [4.78, 5) is 37.1. The van der Waals surface area contributed by atoms with Crippen LogP contribution in [-0.2, 0) is 9.59 Å². The third kappa shape index (κ3) is 5.72. The molecule has 0 N–H and O–H groups in total. The van der Waals surface area contributed by atoms with Crippen molar-refractivity contribution in [2.75, 3.05) is 13.1 Å². The number of hydrogen-bond donors (Lipinski definition) is 0. The summed E-state index contributed by atoms with van der Waals surface area (Å²) in [5, 5.41) is 0. The molecule has 2 aromatic heterocycles. The Balaban J connectivity index is 1.86. The van der Waals surface area contributed by atoms with Crippen molar-refractivity contribution in [1.82, 2.24) is 9.80 Å². The second kappa shape index (κ2) is 12.8. The van der Waals surface area contributed by atoms with Crippen molar-refractivity contribution >= 4 is 45.9 Å². The van der Waals surface area contributed by atoms with Gasteiger partial charge in [0.2, 0.25) is 0 Å². The van der Waals surface area contributed by atoms with Crippen molar-refractivity contribution in [3.05, 3.63) is 54.9 Å². The van der Waals surface area contributed by atoms with Gasteiger partial charge in [-0.05, 0) is 62.8 Å². The number of thiophene rings is 2. The van der Waals surface area contributed by atoms with Crippen molar-refractivity contribution in [2.45, 2.75) is 92.9 Å². The SMILES string of the molecule is CCCCC(CC)CN1C(=O)C2=C(c3ccc(C)s3)N(CC(CC)CCCC)C(=O)C2=C1c1ccc(C)s1. The number of carbonyl (C=O) groups excluding carboxylic acids is 2. The summed E-state index contributed by atoms with van der Waals surface area (Å²) in [7, 11) is 0. The summed E-state index contributed by atoms with van der Waals surface area (Å²) < 4.78 is 0. The van der Waals surface area contributed by atoms with Crippen LogP contribution in [0.3, 0.4) is 0 Å². The number of nitrogens with zero attached hydrogens (tertiary/aromatic N) is 2. The summed E-state index contributed by atoms with van der Waals surface area (Å²) in [5.41, 5.74) is 2.96. The first-order chi connectivity index (χ1) is 18.3. The van der Waals surface area contributed by atoms with E-state index in [9.17, 15) is 9.59 Å². The number of hydrogen-bond acceptors (Lipinski definition) is 4. The van der Waals surface area contributed by atoms with Gasteiger partial charge in [-0.25, -0.2) is 0 Å². The van der Waals surface area contributed by atoms with Gasteiger partial charge < -0.3 is 9.80 Å². The summed E-state index contributed by atoms with van der Waals surface area (Å²) >= 11 is 3.37. The van der Waals surface area contributed by atoms with Gasteiger partial charge in [0.15, 0.2) is 0 Å². The molecule has 2 aliphatic rings. The highest BCUT2D eigenvalue weighted by molar-refractivity contribution is 7.13. The quantitative estimate of drug-likeness (QED) is 0.235. The van der Waals surface area contributed by atoms with Crippen LogP contribution in [0.15, 0.2) is 35.4 Å². The second-order valence-corrected chi connectivity index (χ2v) is 13.5. The maximum atomic E-state index is 14.4. The minimum Gasteiger partial charge on any atom is -0.306 e.